The third-order valence-corrected chi connectivity index (χ3v) is 3.15. The van der Waals surface area contributed by atoms with Crippen LogP contribution in [0.25, 0.3) is 0 Å². The molecule has 0 radical (unpaired) electrons. The highest BCUT2D eigenvalue weighted by Crippen LogP contribution is 2.25. The van der Waals surface area contributed by atoms with E-state index in [1.54, 1.807) is 12.3 Å². The normalized spacial score (nSPS) is 12.3. The first-order chi connectivity index (χ1) is 9.47. The largest absolute Gasteiger partial charge is 0.444 e. The predicted octanol–water partition coefficient (Wildman–Crippen LogP) is 3.40. The molecule has 2 rings (SSSR count). The summed E-state index contributed by atoms with van der Waals surface area (Å²) < 4.78 is 5.41. The van der Waals surface area contributed by atoms with Gasteiger partial charge in [-0.1, -0.05) is 17.7 Å². The minimum absolute atomic E-state index is 0.0848. The Kier molecular flexibility index (Phi) is 4.36. The molecule has 20 heavy (non-hydrogen) atoms. The van der Waals surface area contributed by atoms with Crippen LogP contribution in [0.3, 0.4) is 0 Å². The molecule has 1 unspecified atom stereocenters. The van der Waals surface area contributed by atoms with Crippen LogP contribution in [-0.4, -0.2) is 9.91 Å². The number of benzene rings is 1. The lowest BCUT2D eigenvalue weighted by Crippen LogP contribution is -2.18. The first-order valence-electron chi connectivity index (χ1n) is 6.06. The Hall–Kier alpha value is -1.92. The standard InChI is InChI=1S/C13H14ClN3O3/c1-8-6-16-13(20-8)9(2)15-7-10-3-4-11(14)12(5-10)17(18)19/h3-6,9,15H,7H2,1-2H3. The van der Waals surface area contributed by atoms with Gasteiger partial charge in [0.05, 0.1) is 17.2 Å². The molecule has 1 atom stereocenters. The number of hydrogen-bond donors (Lipinski definition) is 1. The van der Waals surface area contributed by atoms with Crippen LogP contribution in [-0.2, 0) is 6.54 Å². The Morgan fingerprint density at radius 1 is 1.55 bits per heavy atom. The molecular formula is C13H14ClN3O3. The van der Waals surface area contributed by atoms with Gasteiger partial charge in [0.25, 0.3) is 5.69 Å². The molecule has 0 fully saturated rings. The Morgan fingerprint density at radius 3 is 2.90 bits per heavy atom. The zero-order valence-corrected chi connectivity index (χ0v) is 11.8. The van der Waals surface area contributed by atoms with Crippen LogP contribution in [0.15, 0.2) is 28.8 Å². The van der Waals surface area contributed by atoms with Crippen molar-refractivity contribution in [1.82, 2.24) is 10.3 Å². The highest BCUT2D eigenvalue weighted by molar-refractivity contribution is 6.32. The number of rotatable bonds is 5. The quantitative estimate of drug-likeness (QED) is 0.675. The van der Waals surface area contributed by atoms with E-state index in [2.05, 4.69) is 10.3 Å². The van der Waals surface area contributed by atoms with E-state index in [0.717, 1.165) is 11.3 Å². The molecule has 0 saturated carbocycles. The monoisotopic (exact) mass is 295 g/mol. The Morgan fingerprint density at radius 2 is 2.30 bits per heavy atom. The molecule has 2 aromatic rings. The summed E-state index contributed by atoms with van der Waals surface area (Å²) in [6, 6.07) is 4.65. The number of aromatic nitrogens is 1. The van der Waals surface area contributed by atoms with Crippen molar-refractivity contribution >= 4 is 17.3 Å². The molecular weight excluding hydrogens is 282 g/mol. The van der Waals surface area contributed by atoms with Gasteiger partial charge in [0.2, 0.25) is 5.89 Å². The Bertz CT molecular complexity index is 627. The molecule has 0 amide bonds. The van der Waals surface area contributed by atoms with Crippen LogP contribution in [0.4, 0.5) is 5.69 Å². The fraction of sp³-hybridized carbons (Fsp3) is 0.308. The second-order valence-corrected chi connectivity index (χ2v) is 4.86. The molecule has 0 aliphatic carbocycles. The third-order valence-electron chi connectivity index (χ3n) is 2.83. The molecule has 1 aromatic carbocycles. The van der Waals surface area contributed by atoms with E-state index in [0.29, 0.717) is 12.4 Å². The van der Waals surface area contributed by atoms with Crippen molar-refractivity contribution in [2.45, 2.75) is 26.4 Å². The van der Waals surface area contributed by atoms with Crippen molar-refractivity contribution in [1.29, 1.82) is 0 Å². The van der Waals surface area contributed by atoms with Crippen LogP contribution < -0.4 is 5.32 Å². The first-order valence-corrected chi connectivity index (χ1v) is 6.43. The van der Waals surface area contributed by atoms with Gasteiger partial charge in [-0.2, -0.15) is 0 Å². The van der Waals surface area contributed by atoms with Gasteiger partial charge in [0.15, 0.2) is 0 Å². The molecule has 0 bridgehead atoms. The minimum atomic E-state index is -0.493. The lowest BCUT2D eigenvalue weighted by molar-refractivity contribution is -0.384. The number of aryl methyl sites for hydroxylation is 1. The van der Waals surface area contributed by atoms with Gasteiger partial charge >= 0.3 is 0 Å². The molecule has 7 heteroatoms. The van der Waals surface area contributed by atoms with Crippen molar-refractivity contribution in [3.05, 3.63) is 56.7 Å². The van der Waals surface area contributed by atoms with E-state index in [9.17, 15) is 10.1 Å². The fourth-order valence-corrected chi connectivity index (χ4v) is 1.93. The van der Waals surface area contributed by atoms with E-state index < -0.39 is 4.92 Å². The summed E-state index contributed by atoms with van der Waals surface area (Å²) in [4.78, 5) is 14.4. The molecule has 0 saturated heterocycles. The Labute approximate surface area is 120 Å². The van der Waals surface area contributed by atoms with Gasteiger partial charge in [-0.25, -0.2) is 4.98 Å². The van der Waals surface area contributed by atoms with Crippen LogP contribution in [0.5, 0.6) is 0 Å². The summed E-state index contributed by atoms with van der Waals surface area (Å²) in [5, 5.41) is 14.1. The van der Waals surface area contributed by atoms with Gasteiger partial charge in [0.1, 0.15) is 10.8 Å². The average molecular weight is 296 g/mol. The van der Waals surface area contributed by atoms with Gasteiger partial charge in [-0.15, -0.1) is 0 Å². The van der Waals surface area contributed by atoms with Crippen LogP contribution in [0, 0.1) is 17.0 Å². The first kappa shape index (κ1) is 14.5. The maximum Gasteiger partial charge on any atom is 0.288 e. The summed E-state index contributed by atoms with van der Waals surface area (Å²) in [5.74, 6) is 1.33. The zero-order valence-electron chi connectivity index (χ0n) is 11.1. The van der Waals surface area contributed by atoms with Crippen LogP contribution >= 0.6 is 11.6 Å². The topological polar surface area (TPSA) is 81.2 Å². The molecule has 6 nitrogen and oxygen atoms in total. The summed E-state index contributed by atoms with van der Waals surface area (Å²) in [6.45, 7) is 4.20. The van der Waals surface area contributed by atoms with Gasteiger partial charge in [-0.3, -0.25) is 10.1 Å². The minimum Gasteiger partial charge on any atom is -0.444 e. The molecule has 0 aliphatic rings. The van der Waals surface area contributed by atoms with Crippen LogP contribution in [0.2, 0.25) is 5.02 Å². The van der Waals surface area contributed by atoms with Crippen LogP contribution in [0.1, 0.15) is 30.2 Å². The number of halogens is 1. The average Bonchev–Trinajstić information content (AvgIpc) is 2.84. The number of nitrogens with one attached hydrogen (secondary N) is 1. The SMILES string of the molecule is Cc1cnc(C(C)NCc2ccc(Cl)c([N+](=O)[O-])c2)o1. The summed E-state index contributed by atoms with van der Waals surface area (Å²) in [5.41, 5.74) is 0.682. The van der Waals surface area contributed by atoms with E-state index in [1.165, 1.54) is 12.1 Å². The smallest absolute Gasteiger partial charge is 0.288 e. The highest BCUT2D eigenvalue weighted by atomic mass is 35.5. The van der Waals surface area contributed by atoms with Gasteiger partial charge < -0.3 is 9.73 Å². The molecule has 1 N–H and O–H groups in total. The fourth-order valence-electron chi connectivity index (χ4n) is 1.74. The highest BCUT2D eigenvalue weighted by Gasteiger charge is 2.14. The van der Waals surface area contributed by atoms with E-state index >= 15 is 0 Å². The molecule has 106 valence electrons. The third kappa shape index (κ3) is 3.34. The lowest BCUT2D eigenvalue weighted by Gasteiger charge is -2.10. The molecule has 0 spiro atoms. The second kappa shape index (κ2) is 6.02. The summed E-state index contributed by atoms with van der Waals surface area (Å²) >= 11 is 5.77. The maximum atomic E-state index is 10.8. The van der Waals surface area contributed by atoms with E-state index in [1.807, 2.05) is 13.8 Å². The van der Waals surface area contributed by atoms with Crippen molar-refractivity contribution in [3.8, 4) is 0 Å². The number of hydrogen-bond acceptors (Lipinski definition) is 5. The van der Waals surface area contributed by atoms with Crippen molar-refractivity contribution in [3.63, 3.8) is 0 Å². The second-order valence-electron chi connectivity index (χ2n) is 4.45. The lowest BCUT2D eigenvalue weighted by atomic mass is 10.2. The molecule has 1 heterocycles. The van der Waals surface area contributed by atoms with Crippen molar-refractivity contribution in [2.24, 2.45) is 0 Å². The number of oxazole rings is 1. The molecule has 0 aliphatic heterocycles. The van der Waals surface area contributed by atoms with Crippen molar-refractivity contribution < 1.29 is 9.34 Å². The zero-order chi connectivity index (χ0) is 14.7. The summed E-state index contributed by atoms with van der Waals surface area (Å²) in [7, 11) is 0. The maximum absolute atomic E-state index is 10.8. The molecule has 1 aromatic heterocycles. The van der Waals surface area contributed by atoms with E-state index in [-0.39, 0.29) is 16.8 Å². The summed E-state index contributed by atoms with van der Waals surface area (Å²) in [6.07, 6.45) is 1.65. The number of nitro benzene ring substituents is 1. The number of nitro groups is 1. The predicted molar refractivity (Wildman–Crippen MR) is 74.6 cm³/mol. The number of nitrogens with zero attached hydrogens (tertiary/aromatic N) is 2. The van der Waals surface area contributed by atoms with Crippen molar-refractivity contribution in [2.75, 3.05) is 0 Å². The van der Waals surface area contributed by atoms with E-state index in [4.69, 9.17) is 16.0 Å². The van der Waals surface area contributed by atoms with Gasteiger partial charge in [0, 0.05) is 12.6 Å². The van der Waals surface area contributed by atoms with Gasteiger partial charge in [-0.05, 0) is 25.5 Å². The Balaban J connectivity index is 2.04.